The molecule has 0 spiro atoms. The third kappa shape index (κ3) is 3.78. The Balaban J connectivity index is 1.37. The summed E-state index contributed by atoms with van der Waals surface area (Å²) in [6.45, 7) is 11.8. The smallest absolute Gasteiger partial charge is 0.225 e. The molecule has 152 valence electrons. The van der Waals surface area contributed by atoms with Crippen molar-refractivity contribution >= 4 is 11.5 Å². The maximum Gasteiger partial charge on any atom is 0.225 e. The van der Waals surface area contributed by atoms with Crippen LogP contribution >= 0.6 is 0 Å². The van der Waals surface area contributed by atoms with Crippen molar-refractivity contribution < 1.29 is 4.79 Å². The fourth-order valence-corrected chi connectivity index (χ4v) is 5.58. The minimum absolute atomic E-state index is 0.103. The molecule has 2 aliphatic heterocycles. The van der Waals surface area contributed by atoms with Gasteiger partial charge in [0.15, 0.2) is 0 Å². The van der Waals surface area contributed by atoms with Crippen molar-refractivity contribution in [3.8, 4) is 0 Å². The van der Waals surface area contributed by atoms with Gasteiger partial charge >= 0.3 is 0 Å². The van der Waals surface area contributed by atoms with Gasteiger partial charge in [0.05, 0.1) is 0 Å². The number of amides is 1. The van der Waals surface area contributed by atoms with Crippen molar-refractivity contribution in [1.82, 2.24) is 9.80 Å². The largest absolute Gasteiger partial charge is 0.342 e. The van der Waals surface area contributed by atoms with E-state index in [1.807, 2.05) is 13.8 Å². The number of fused-ring (bicyclic) bond motifs is 1. The number of hydrogen-bond donors (Lipinski definition) is 0. The summed E-state index contributed by atoms with van der Waals surface area (Å²) >= 11 is 0. The van der Waals surface area contributed by atoms with E-state index in [0.29, 0.717) is 17.7 Å². The summed E-state index contributed by atoms with van der Waals surface area (Å²) < 4.78 is 0. The summed E-state index contributed by atoms with van der Waals surface area (Å²) in [5.41, 5.74) is 4.27. The molecule has 3 nitrogen and oxygen atoms in total. The molecule has 0 bridgehead atoms. The zero-order valence-electron chi connectivity index (χ0n) is 18.0. The van der Waals surface area contributed by atoms with E-state index >= 15 is 0 Å². The zero-order chi connectivity index (χ0) is 19.8. The predicted molar refractivity (Wildman–Crippen MR) is 116 cm³/mol. The van der Waals surface area contributed by atoms with Crippen LogP contribution in [-0.2, 0) is 11.2 Å². The topological polar surface area (TPSA) is 23.6 Å². The maximum absolute atomic E-state index is 12.4. The number of likely N-dealkylation sites (tertiary alicyclic amines) is 2. The number of hydrogen-bond acceptors (Lipinski definition) is 2. The van der Waals surface area contributed by atoms with Crippen LogP contribution < -0.4 is 0 Å². The molecule has 0 aromatic heterocycles. The fourth-order valence-electron chi connectivity index (χ4n) is 5.58. The van der Waals surface area contributed by atoms with E-state index in [2.05, 4.69) is 54.0 Å². The average Bonchev–Trinajstić information content (AvgIpc) is 3.35. The number of nitrogens with zero attached hydrogens (tertiary/aromatic N) is 2. The van der Waals surface area contributed by atoms with Crippen LogP contribution in [0.4, 0.5) is 0 Å². The molecule has 3 aliphatic rings. The lowest BCUT2D eigenvalue weighted by atomic mass is 9.90. The van der Waals surface area contributed by atoms with Gasteiger partial charge in [0.2, 0.25) is 5.91 Å². The van der Waals surface area contributed by atoms with Crippen LogP contribution in [0.1, 0.15) is 58.1 Å². The van der Waals surface area contributed by atoms with Crippen LogP contribution in [0.25, 0.3) is 5.57 Å². The van der Waals surface area contributed by atoms with Gasteiger partial charge in [-0.2, -0.15) is 0 Å². The molecule has 0 N–H and O–H groups in total. The van der Waals surface area contributed by atoms with Gasteiger partial charge in [0, 0.05) is 43.6 Å². The summed E-state index contributed by atoms with van der Waals surface area (Å²) in [5, 5.41) is 0. The van der Waals surface area contributed by atoms with Gasteiger partial charge in [-0.15, -0.1) is 0 Å². The minimum atomic E-state index is 0.103. The molecule has 2 saturated heterocycles. The first-order valence-corrected chi connectivity index (χ1v) is 11.3. The van der Waals surface area contributed by atoms with Gasteiger partial charge < -0.3 is 4.90 Å². The molecule has 1 aromatic rings. The van der Waals surface area contributed by atoms with Gasteiger partial charge in [-0.3, -0.25) is 9.69 Å². The van der Waals surface area contributed by atoms with E-state index in [1.165, 1.54) is 36.1 Å². The number of benzene rings is 1. The highest BCUT2D eigenvalue weighted by Gasteiger charge is 2.40. The maximum atomic E-state index is 12.4. The summed E-state index contributed by atoms with van der Waals surface area (Å²) in [6, 6.07) is 10.7. The van der Waals surface area contributed by atoms with E-state index in [9.17, 15) is 4.79 Å². The summed E-state index contributed by atoms with van der Waals surface area (Å²) in [6.07, 6.45) is 7.36. The predicted octanol–water partition coefficient (Wildman–Crippen LogP) is 4.62. The number of carbonyl (C=O) groups excluding carboxylic acids is 1. The summed E-state index contributed by atoms with van der Waals surface area (Å²) in [7, 11) is 0. The zero-order valence-corrected chi connectivity index (χ0v) is 18.0. The molecule has 1 amide bonds. The van der Waals surface area contributed by atoms with Crippen LogP contribution in [0.2, 0.25) is 0 Å². The van der Waals surface area contributed by atoms with Gasteiger partial charge in [-0.05, 0) is 62.1 Å². The normalized spacial score (nSPS) is 30.2. The Morgan fingerprint density at radius 1 is 1.07 bits per heavy atom. The Hall–Kier alpha value is -1.61. The quantitative estimate of drug-likeness (QED) is 0.744. The first-order valence-electron chi connectivity index (χ1n) is 11.3. The SMILES string of the molecule is CC(C)C(=O)N1CC2CC=C(c3ccc(CCN4[C@H](C)CC[C@H]4C)cc3)C2C1. The number of allylic oxidation sites excluding steroid dienone is 1. The second-order valence-electron chi connectivity index (χ2n) is 9.62. The Labute approximate surface area is 170 Å². The highest BCUT2D eigenvalue weighted by Crippen LogP contribution is 2.43. The van der Waals surface area contributed by atoms with Crippen molar-refractivity contribution in [3.05, 3.63) is 41.5 Å². The summed E-state index contributed by atoms with van der Waals surface area (Å²) in [4.78, 5) is 17.2. The van der Waals surface area contributed by atoms with Gasteiger partial charge in [-0.25, -0.2) is 0 Å². The van der Waals surface area contributed by atoms with Crippen molar-refractivity contribution in [1.29, 1.82) is 0 Å². The molecular formula is C25H36N2O. The highest BCUT2D eigenvalue weighted by molar-refractivity contribution is 5.80. The Morgan fingerprint density at radius 2 is 1.75 bits per heavy atom. The van der Waals surface area contributed by atoms with Crippen molar-refractivity contribution in [2.75, 3.05) is 19.6 Å². The molecule has 2 heterocycles. The lowest BCUT2D eigenvalue weighted by Crippen LogP contribution is -2.34. The van der Waals surface area contributed by atoms with Crippen molar-refractivity contribution in [3.63, 3.8) is 0 Å². The summed E-state index contributed by atoms with van der Waals surface area (Å²) in [5.74, 6) is 1.57. The monoisotopic (exact) mass is 380 g/mol. The molecule has 2 fully saturated rings. The molecule has 28 heavy (non-hydrogen) atoms. The molecule has 1 aliphatic carbocycles. The van der Waals surface area contributed by atoms with E-state index in [0.717, 1.165) is 38.0 Å². The first-order chi connectivity index (χ1) is 13.4. The third-order valence-electron chi connectivity index (χ3n) is 7.37. The molecule has 2 unspecified atom stereocenters. The van der Waals surface area contributed by atoms with Crippen LogP contribution in [0, 0.1) is 17.8 Å². The highest BCUT2D eigenvalue weighted by atomic mass is 16.2. The van der Waals surface area contributed by atoms with Crippen molar-refractivity contribution in [2.24, 2.45) is 17.8 Å². The lowest BCUT2D eigenvalue weighted by Gasteiger charge is -2.25. The molecule has 0 radical (unpaired) electrons. The van der Waals surface area contributed by atoms with E-state index in [-0.39, 0.29) is 5.92 Å². The lowest BCUT2D eigenvalue weighted by molar-refractivity contribution is -0.133. The second kappa shape index (κ2) is 8.02. The van der Waals surface area contributed by atoms with Gasteiger partial charge in [0.1, 0.15) is 0 Å². The molecule has 0 saturated carbocycles. The molecule has 1 aromatic carbocycles. The van der Waals surface area contributed by atoms with Gasteiger partial charge in [-0.1, -0.05) is 44.2 Å². The average molecular weight is 381 g/mol. The molecule has 4 rings (SSSR count). The van der Waals surface area contributed by atoms with Gasteiger partial charge in [0.25, 0.3) is 0 Å². The van der Waals surface area contributed by atoms with Crippen LogP contribution in [0.3, 0.4) is 0 Å². The van der Waals surface area contributed by atoms with Crippen molar-refractivity contribution in [2.45, 2.75) is 65.5 Å². The first kappa shape index (κ1) is 19.7. The fraction of sp³-hybridized carbons (Fsp3) is 0.640. The molecule has 3 heteroatoms. The van der Waals surface area contributed by atoms with E-state index in [4.69, 9.17) is 0 Å². The van der Waals surface area contributed by atoms with Crippen LogP contribution in [0.5, 0.6) is 0 Å². The molecule has 4 atom stereocenters. The third-order valence-corrected chi connectivity index (χ3v) is 7.37. The Bertz CT molecular complexity index is 725. The molecular weight excluding hydrogens is 344 g/mol. The Morgan fingerprint density at radius 3 is 2.39 bits per heavy atom. The van der Waals surface area contributed by atoms with E-state index in [1.54, 1.807) is 0 Å². The Kier molecular flexibility index (Phi) is 5.64. The van der Waals surface area contributed by atoms with E-state index < -0.39 is 0 Å². The minimum Gasteiger partial charge on any atom is -0.342 e. The van der Waals surface area contributed by atoms with Crippen LogP contribution in [0.15, 0.2) is 30.3 Å². The number of carbonyl (C=O) groups is 1. The van der Waals surface area contributed by atoms with Crippen LogP contribution in [-0.4, -0.2) is 47.4 Å². The standard InChI is InChI=1S/C25H36N2O/c1-17(2)25(28)26-15-22-11-12-23(24(22)16-26)21-9-7-20(8-10-21)13-14-27-18(3)5-6-19(27)4/h7-10,12,17-19,22,24H,5-6,11,13-16H2,1-4H3/t18-,19-,22?,24?/m1/s1. The second-order valence-corrected chi connectivity index (χ2v) is 9.62. The number of rotatable bonds is 5.